The minimum Gasteiger partial charge on any atom is -0.356 e. The first-order valence-corrected chi connectivity index (χ1v) is 8.60. The Morgan fingerprint density at radius 1 is 1.39 bits per heavy atom. The summed E-state index contributed by atoms with van der Waals surface area (Å²) in [5, 5.41) is 7.66. The van der Waals surface area contributed by atoms with Gasteiger partial charge in [-0.15, -0.1) is 24.0 Å². The average Bonchev–Trinajstić information content (AvgIpc) is 2.54. The molecule has 128 valence electrons. The van der Waals surface area contributed by atoms with E-state index in [0.29, 0.717) is 12.0 Å². The Morgan fingerprint density at radius 3 is 3.00 bits per heavy atom. The lowest BCUT2D eigenvalue weighted by molar-refractivity contribution is 0.122. The van der Waals surface area contributed by atoms with Crippen molar-refractivity contribution in [1.82, 2.24) is 15.5 Å². The molecule has 0 aliphatic carbocycles. The van der Waals surface area contributed by atoms with Crippen LogP contribution in [0.15, 0.2) is 29.3 Å². The zero-order chi connectivity index (χ0) is 15.4. The third-order valence-electron chi connectivity index (χ3n) is 4.63. The van der Waals surface area contributed by atoms with Gasteiger partial charge in [0.2, 0.25) is 0 Å². The van der Waals surface area contributed by atoms with Crippen LogP contribution in [0.2, 0.25) is 5.02 Å². The predicted molar refractivity (Wildman–Crippen MR) is 108 cm³/mol. The monoisotopic (exact) mass is 448 g/mol. The van der Waals surface area contributed by atoms with Crippen LogP contribution < -0.4 is 10.6 Å². The summed E-state index contributed by atoms with van der Waals surface area (Å²) in [5.41, 5.74) is 1.32. The van der Waals surface area contributed by atoms with Crippen LogP contribution in [-0.2, 0) is 0 Å². The van der Waals surface area contributed by atoms with Crippen LogP contribution >= 0.6 is 35.6 Å². The average molecular weight is 449 g/mol. The molecule has 0 radical (unpaired) electrons. The maximum absolute atomic E-state index is 6.20. The molecule has 2 unspecified atom stereocenters. The number of hydrogen-bond donors (Lipinski definition) is 2. The highest BCUT2D eigenvalue weighted by Crippen LogP contribution is 2.35. The number of halogens is 2. The molecule has 0 saturated carbocycles. The second kappa shape index (κ2) is 9.08. The van der Waals surface area contributed by atoms with E-state index in [1.54, 1.807) is 0 Å². The van der Waals surface area contributed by atoms with Gasteiger partial charge in [0.05, 0.1) is 0 Å². The van der Waals surface area contributed by atoms with Crippen LogP contribution in [0, 0.1) is 5.92 Å². The fraction of sp³-hybridized carbons (Fsp3) is 0.588. The van der Waals surface area contributed by atoms with Gasteiger partial charge in [-0.05, 0) is 56.5 Å². The van der Waals surface area contributed by atoms with Gasteiger partial charge >= 0.3 is 0 Å². The molecular weight excluding hydrogens is 423 g/mol. The maximum Gasteiger partial charge on any atom is 0.191 e. The summed E-state index contributed by atoms with van der Waals surface area (Å²) in [6, 6.07) is 8.72. The number of likely N-dealkylation sites (tertiary alicyclic amines) is 1. The Morgan fingerprint density at radius 2 is 2.26 bits per heavy atom. The Hall–Kier alpha value is -0.530. The topological polar surface area (TPSA) is 39.7 Å². The molecule has 0 aromatic heterocycles. The van der Waals surface area contributed by atoms with Crippen LogP contribution in [0.3, 0.4) is 0 Å². The summed E-state index contributed by atoms with van der Waals surface area (Å²) >= 11 is 6.20. The standard InChI is InChI=1S/C17H25ClN4.HI/c1-22-10-3-6-14(12-21-17-19-8-4-9-20-17)16(22)13-5-2-7-15(18)11-13;/h2,5,7,11,14,16H,3-4,6,8-10,12H2,1H3,(H2,19,20,21);1H. The molecule has 2 aliphatic heterocycles. The summed E-state index contributed by atoms with van der Waals surface area (Å²) in [4.78, 5) is 6.96. The van der Waals surface area contributed by atoms with E-state index in [1.807, 2.05) is 6.07 Å². The molecule has 3 rings (SSSR count). The lowest BCUT2D eigenvalue weighted by Crippen LogP contribution is -2.46. The highest BCUT2D eigenvalue weighted by molar-refractivity contribution is 14.0. The van der Waals surface area contributed by atoms with E-state index >= 15 is 0 Å². The SMILES string of the molecule is CN1CCCC(CNC2=NCCCN2)C1c1cccc(Cl)c1.I. The third-order valence-corrected chi connectivity index (χ3v) is 4.86. The summed E-state index contributed by atoms with van der Waals surface area (Å²) in [7, 11) is 2.22. The van der Waals surface area contributed by atoms with Gasteiger partial charge in [0.1, 0.15) is 0 Å². The first kappa shape index (κ1) is 18.8. The van der Waals surface area contributed by atoms with E-state index in [2.05, 4.69) is 45.8 Å². The van der Waals surface area contributed by atoms with Crippen molar-refractivity contribution in [3.8, 4) is 0 Å². The van der Waals surface area contributed by atoms with Crippen molar-refractivity contribution >= 4 is 41.5 Å². The van der Waals surface area contributed by atoms with Crippen molar-refractivity contribution in [3.63, 3.8) is 0 Å². The van der Waals surface area contributed by atoms with Crippen molar-refractivity contribution in [3.05, 3.63) is 34.9 Å². The van der Waals surface area contributed by atoms with E-state index in [-0.39, 0.29) is 24.0 Å². The zero-order valence-electron chi connectivity index (χ0n) is 13.6. The molecule has 1 aromatic rings. The number of piperidine rings is 1. The van der Waals surface area contributed by atoms with Crippen LogP contribution in [0.5, 0.6) is 0 Å². The lowest BCUT2D eigenvalue weighted by atomic mass is 9.85. The fourth-order valence-electron chi connectivity index (χ4n) is 3.57. The summed E-state index contributed by atoms with van der Waals surface area (Å²) in [5.74, 6) is 1.54. The third kappa shape index (κ3) is 4.97. The minimum atomic E-state index is 0. The summed E-state index contributed by atoms with van der Waals surface area (Å²) < 4.78 is 0. The van der Waals surface area contributed by atoms with Crippen molar-refractivity contribution in [2.24, 2.45) is 10.9 Å². The first-order chi connectivity index (χ1) is 10.7. The Labute approximate surface area is 161 Å². The number of nitrogens with one attached hydrogen (secondary N) is 2. The van der Waals surface area contributed by atoms with Gasteiger partial charge in [0.25, 0.3) is 0 Å². The quantitative estimate of drug-likeness (QED) is 0.697. The Bertz CT molecular complexity index is 537. The molecule has 2 aliphatic rings. The number of rotatable bonds is 3. The first-order valence-electron chi connectivity index (χ1n) is 8.22. The molecule has 2 N–H and O–H groups in total. The number of benzene rings is 1. The van der Waals surface area contributed by atoms with Crippen LogP contribution in [0.4, 0.5) is 0 Å². The molecule has 2 heterocycles. The van der Waals surface area contributed by atoms with Gasteiger partial charge in [0.15, 0.2) is 5.96 Å². The van der Waals surface area contributed by atoms with Crippen LogP contribution in [0.1, 0.15) is 30.9 Å². The van der Waals surface area contributed by atoms with Crippen molar-refractivity contribution in [2.45, 2.75) is 25.3 Å². The van der Waals surface area contributed by atoms with Crippen molar-refractivity contribution in [2.75, 3.05) is 33.2 Å². The molecule has 1 aromatic carbocycles. The zero-order valence-corrected chi connectivity index (χ0v) is 16.7. The van der Waals surface area contributed by atoms with Crippen LogP contribution in [-0.4, -0.2) is 44.1 Å². The fourth-order valence-corrected chi connectivity index (χ4v) is 3.77. The molecule has 1 fully saturated rings. The predicted octanol–water partition coefficient (Wildman–Crippen LogP) is 3.28. The molecule has 23 heavy (non-hydrogen) atoms. The highest BCUT2D eigenvalue weighted by atomic mass is 127. The Kier molecular flexibility index (Phi) is 7.43. The summed E-state index contributed by atoms with van der Waals surface area (Å²) in [6.07, 6.45) is 3.62. The van der Waals surface area contributed by atoms with Crippen LogP contribution in [0.25, 0.3) is 0 Å². The second-order valence-electron chi connectivity index (χ2n) is 6.27. The van der Waals surface area contributed by atoms with E-state index in [1.165, 1.54) is 18.4 Å². The second-order valence-corrected chi connectivity index (χ2v) is 6.71. The number of nitrogens with zero attached hydrogens (tertiary/aromatic N) is 2. The van der Waals surface area contributed by atoms with Crippen molar-refractivity contribution in [1.29, 1.82) is 0 Å². The van der Waals surface area contributed by atoms with Gasteiger partial charge in [-0.25, -0.2) is 0 Å². The van der Waals surface area contributed by atoms with E-state index < -0.39 is 0 Å². The molecule has 4 nitrogen and oxygen atoms in total. The largest absolute Gasteiger partial charge is 0.356 e. The molecular formula is C17H26ClIN4. The summed E-state index contributed by atoms with van der Waals surface area (Å²) in [6.45, 7) is 4.05. The molecule has 0 spiro atoms. The number of aliphatic imine (C=N–C) groups is 1. The van der Waals surface area contributed by atoms with Gasteiger partial charge in [-0.3, -0.25) is 9.89 Å². The molecule has 6 heteroatoms. The van der Waals surface area contributed by atoms with E-state index in [9.17, 15) is 0 Å². The van der Waals surface area contributed by atoms with Gasteiger partial charge in [-0.1, -0.05) is 23.7 Å². The van der Waals surface area contributed by atoms with E-state index in [4.69, 9.17) is 11.6 Å². The molecule has 1 saturated heterocycles. The normalized spacial score (nSPS) is 25.0. The molecule has 0 bridgehead atoms. The van der Waals surface area contributed by atoms with E-state index in [0.717, 1.165) is 43.6 Å². The highest BCUT2D eigenvalue weighted by Gasteiger charge is 2.30. The molecule has 2 atom stereocenters. The maximum atomic E-state index is 6.20. The van der Waals surface area contributed by atoms with Gasteiger partial charge < -0.3 is 10.6 Å². The lowest BCUT2D eigenvalue weighted by Gasteiger charge is -2.40. The minimum absolute atomic E-state index is 0. The Balaban J connectivity index is 0.00000192. The van der Waals surface area contributed by atoms with Crippen molar-refractivity contribution < 1.29 is 0 Å². The number of guanidine groups is 1. The van der Waals surface area contributed by atoms with Gasteiger partial charge in [0, 0.05) is 30.7 Å². The molecule has 0 amide bonds. The van der Waals surface area contributed by atoms with Gasteiger partial charge in [-0.2, -0.15) is 0 Å². The number of hydrogen-bond acceptors (Lipinski definition) is 4. The smallest absolute Gasteiger partial charge is 0.191 e.